The first-order chi connectivity index (χ1) is 10.6. The van der Waals surface area contributed by atoms with Gasteiger partial charge < -0.3 is 10.0 Å². The highest BCUT2D eigenvalue weighted by molar-refractivity contribution is 6.42. The molecule has 0 radical (unpaired) electrons. The number of likely N-dealkylation sites (tertiary alicyclic amines) is 1. The summed E-state index contributed by atoms with van der Waals surface area (Å²) in [5.41, 5.74) is 0.581. The van der Waals surface area contributed by atoms with Crippen molar-refractivity contribution in [2.45, 2.75) is 26.2 Å². The molecule has 3 rings (SSSR count). The zero-order valence-electron chi connectivity index (χ0n) is 13.6. The first kappa shape index (κ1) is 16.7. The van der Waals surface area contributed by atoms with Gasteiger partial charge in [0.05, 0.1) is 10.0 Å². The zero-order valence-corrected chi connectivity index (χ0v) is 15.1. The van der Waals surface area contributed by atoms with Gasteiger partial charge in [-0.25, -0.2) is 4.79 Å². The van der Waals surface area contributed by atoms with Gasteiger partial charge in [-0.15, -0.1) is 6.58 Å². The molecule has 3 nitrogen and oxygen atoms in total. The third kappa shape index (κ3) is 1.93. The largest absolute Gasteiger partial charge is 0.465 e. The summed E-state index contributed by atoms with van der Waals surface area (Å²) in [5, 5.41) is 10.4. The Morgan fingerprint density at radius 1 is 1.39 bits per heavy atom. The predicted molar refractivity (Wildman–Crippen MR) is 93.3 cm³/mol. The minimum Gasteiger partial charge on any atom is -0.465 e. The fraction of sp³-hybridized carbons (Fsp3) is 0.500. The van der Waals surface area contributed by atoms with Crippen LogP contribution in [-0.2, 0) is 5.41 Å². The fourth-order valence-electron chi connectivity index (χ4n) is 4.95. The van der Waals surface area contributed by atoms with Crippen LogP contribution in [0.25, 0.3) is 0 Å². The van der Waals surface area contributed by atoms with Crippen molar-refractivity contribution in [3.8, 4) is 0 Å². The third-order valence-electron chi connectivity index (χ3n) is 5.97. The van der Waals surface area contributed by atoms with Gasteiger partial charge >= 0.3 is 6.09 Å². The van der Waals surface area contributed by atoms with Gasteiger partial charge in [0.25, 0.3) is 0 Å². The molecular formula is C18H21Cl2NO2. The van der Waals surface area contributed by atoms with Crippen molar-refractivity contribution in [2.24, 2.45) is 16.7 Å². The molecule has 1 aromatic carbocycles. The molecule has 2 fully saturated rings. The normalized spacial score (nSPS) is 32.6. The predicted octanol–water partition coefficient (Wildman–Crippen LogP) is 5.07. The number of fused-ring (bicyclic) bond motifs is 1. The molecule has 23 heavy (non-hydrogen) atoms. The van der Waals surface area contributed by atoms with Gasteiger partial charge in [-0.3, -0.25) is 0 Å². The number of benzene rings is 1. The molecule has 3 unspecified atom stereocenters. The van der Waals surface area contributed by atoms with E-state index in [0.717, 1.165) is 5.56 Å². The maximum absolute atomic E-state index is 11.4. The second kappa shape index (κ2) is 4.90. The highest BCUT2D eigenvalue weighted by Gasteiger charge is 2.82. The van der Waals surface area contributed by atoms with Gasteiger partial charge in [0, 0.05) is 23.9 Å². The molecule has 2 aliphatic rings. The van der Waals surface area contributed by atoms with Gasteiger partial charge in [-0.2, -0.15) is 0 Å². The number of carbonyl (C=O) groups is 1. The van der Waals surface area contributed by atoms with Crippen LogP contribution in [0.3, 0.4) is 0 Å². The zero-order chi connectivity index (χ0) is 17.2. The molecule has 124 valence electrons. The molecule has 1 saturated carbocycles. The van der Waals surface area contributed by atoms with E-state index in [1.807, 2.05) is 24.3 Å². The van der Waals surface area contributed by atoms with Crippen LogP contribution in [0.2, 0.25) is 10.0 Å². The molecule has 1 amide bonds. The van der Waals surface area contributed by atoms with E-state index in [2.05, 4.69) is 27.4 Å². The van der Waals surface area contributed by atoms with Gasteiger partial charge in [0.2, 0.25) is 0 Å². The van der Waals surface area contributed by atoms with E-state index in [4.69, 9.17) is 23.2 Å². The molecule has 1 aromatic rings. The van der Waals surface area contributed by atoms with Gasteiger partial charge in [0.1, 0.15) is 0 Å². The topological polar surface area (TPSA) is 40.5 Å². The van der Waals surface area contributed by atoms with Crippen LogP contribution in [0.5, 0.6) is 0 Å². The summed E-state index contributed by atoms with van der Waals surface area (Å²) < 4.78 is 0. The molecule has 1 heterocycles. The maximum atomic E-state index is 11.4. The first-order valence-electron chi connectivity index (χ1n) is 7.69. The van der Waals surface area contributed by atoms with Crippen LogP contribution in [0, 0.1) is 16.7 Å². The quantitative estimate of drug-likeness (QED) is 0.753. The lowest BCUT2D eigenvalue weighted by Crippen LogP contribution is -2.41. The van der Waals surface area contributed by atoms with Crippen molar-refractivity contribution < 1.29 is 9.90 Å². The molecule has 1 aliphatic heterocycles. The molecule has 0 bridgehead atoms. The molecule has 1 saturated heterocycles. The van der Waals surface area contributed by atoms with E-state index in [9.17, 15) is 9.90 Å². The minimum atomic E-state index is -0.854. The lowest BCUT2D eigenvalue weighted by Gasteiger charge is -2.37. The summed E-state index contributed by atoms with van der Waals surface area (Å²) in [7, 11) is 0. The van der Waals surface area contributed by atoms with Crippen LogP contribution < -0.4 is 0 Å². The molecule has 5 heteroatoms. The van der Waals surface area contributed by atoms with Gasteiger partial charge in [-0.05, 0) is 29.0 Å². The van der Waals surface area contributed by atoms with E-state index in [1.54, 1.807) is 0 Å². The summed E-state index contributed by atoms with van der Waals surface area (Å²) in [6.07, 6.45) is 1.13. The first-order valence-corrected chi connectivity index (χ1v) is 8.44. The van der Waals surface area contributed by atoms with Crippen molar-refractivity contribution in [3.05, 3.63) is 46.5 Å². The van der Waals surface area contributed by atoms with E-state index < -0.39 is 6.09 Å². The van der Waals surface area contributed by atoms with E-state index in [0.29, 0.717) is 23.1 Å². The van der Waals surface area contributed by atoms with E-state index in [1.165, 1.54) is 4.90 Å². The number of hydrogen-bond acceptors (Lipinski definition) is 1. The Kier molecular flexibility index (Phi) is 3.55. The SMILES string of the molecule is C=CC1(c2ccc(Cl)c(Cl)c2)C2CN(C(=O)O)CC21C(C)(C)C. The second-order valence-electron chi connectivity index (χ2n) is 7.64. The highest BCUT2D eigenvalue weighted by Crippen LogP contribution is 2.79. The summed E-state index contributed by atoms with van der Waals surface area (Å²) in [5.74, 6) is 0.209. The van der Waals surface area contributed by atoms with Crippen LogP contribution in [0.1, 0.15) is 26.3 Å². The highest BCUT2D eigenvalue weighted by atomic mass is 35.5. The van der Waals surface area contributed by atoms with Crippen molar-refractivity contribution in [1.29, 1.82) is 0 Å². The standard InChI is InChI=1S/C18H21Cl2NO2/c1-5-17(11-6-7-12(19)13(20)8-11)14-9-21(15(22)23)10-18(14,17)16(2,3)4/h5-8,14H,1,9-10H2,2-4H3,(H,22,23). The lowest BCUT2D eigenvalue weighted by atomic mass is 9.70. The number of halogens is 2. The number of allylic oxidation sites excluding steroid dienone is 1. The van der Waals surface area contributed by atoms with Crippen LogP contribution >= 0.6 is 23.2 Å². The average molecular weight is 354 g/mol. The molecule has 1 aliphatic carbocycles. The maximum Gasteiger partial charge on any atom is 0.407 e. The summed E-state index contributed by atoms with van der Waals surface area (Å²) in [4.78, 5) is 13.0. The summed E-state index contributed by atoms with van der Waals surface area (Å²) >= 11 is 12.3. The van der Waals surface area contributed by atoms with E-state index in [-0.39, 0.29) is 22.2 Å². The Balaban J connectivity index is 2.12. The molecule has 0 spiro atoms. The monoisotopic (exact) mass is 353 g/mol. The molecule has 1 N–H and O–H groups in total. The van der Waals surface area contributed by atoms with E-state index >= 15 is 0 Å². The molecule has 0 aromatic heterocycles. The molecular weight excluding hydrogens is 333 g/mol. The molecule has 3 atom stereocenters. The third-order valence-corrected chi connectivity index (χ3v) is 6.71. The van der Waals surface area contributed by atoms with Crippen LogP contribution in [0.15, 0.2) is 30.9 Å². The number of nitrogens with zero attached hydrogens (tertiary/aromatic N) is 1. The van der Waals surface area contributed by atoms with Crippen molar-refractivity contribution >= 4 is 29.3 Å². The number of rotatable bonds is 2. The number of carboxylic acid groups (broad SMARTS) is 1. The Hall–Kier alpha value is -1.19. The number of hydrogen-bond donors (Lipinski definition) is 1. The van der Waals surface area contributed by atoms with Crippen molar-refractivity contribution in [1.82, 2.24) is 4.90 Å². The Morgan fingerprint density at radius 3 is 2.48 bits per heavy atom. The number of piperidine rings is 1. The fourth-order valence-corrected chi connectivity index (χ4v) is 5.25. The Labute approximate surface area is 146 Å². The summed E-state index contributed by atoms with van der Waals surface area (Å²) in [6, 6.07) is 5.71. The van der Waals surface area contributed by atoms with Gasteiger partial charge in [0.15, 0.2) is 0 Å². The Bertz CT molecular complexity index is 697. The van der Waals surface area contributed by atoms with Gasteiger partial charge in [-0.1, -0.05) is 56.1 Å². The van der Waals surface area contributed by atoms with Crippen LogP contribution in [0.4, 0.5) is 4.79 Å². The van der Waals surface area contributed by atoms with Crippen molar-refractivity contribution in [3.63, 3.8) is 0 Å². The second-order valence-corrected chi connectivity index (χ2v) is 8.45. The Morgan fingerprint density at radius 2 is 2.04 bits per heavy atom. The minimum absolute atomic E-state index is 0.0673. The smallest absolute Gasteiger partial charge is 0.407 e. The average Bonchev–Trinajstić information content (AvgIpc) is 2.82. The number of amides is 1. The lowest BCUT2D eigenvalue weighted by molar-refractivity contribution is 0.122. The summed E-state index contributed by atoms with van der Waals surface area (Å²) in [6.45, 7) is 11.7. The van der Waals surface area contributed by atoms with Crippen molar-refractivity contribution in [2.75, 3.05) is 13.1 Å². The van der Waals surface area contributed by atoms with Crippen LogP contribution in [-0.4, -0.2) is 29.2 Å².